The van der Waals surface area contributed by atoms with Crippen LogP contribution in [-0.2, 0) is 0 Å². The first-order chi connectivity index (χ1) is 9.49. The van der Waals surface area contributed by atoms with Gasteiger partial charge in [-0.25, -0.2) is 13.2 Å². The topological polar surface area (TPSA) is 42.0 Å². The Bertz CT molecular complexity index is 646. The van der Waals surface area contributed by atoms with Gasteiger partial charge in [-0.2, -0.15) is 0 Å². The molecular formula is C14H11F3N2O. The van der Waals surface area contributed by atoms with Gasteiger partial charge in [0.25, 0.3) is 5.91 Å². The van der Waals surface area contributed by atoms with Crippen molar-refractivity contribution in [2.75, 3.05) is 0 Å². The van der Waals surface area contributed by atoms with E-state index < -0.39 is 29.4 Å². The van der Waals surface area contributed by atoms with Crippen LogP contribution in [0.2, 0.25) is 0 Å². The number of pyridine rings is 1. The number of hydrogen-bond acceptors (Lipinski definition) is 2. The average Bonchev–Trinajstić information content (AvgIpc) is 2.38. The average molecular weight is 280 g/mol. The number of amides is 1. The number of hydrogen-bond donors (Lipinski definition) is 1. The largest absolute Gasteiger partial charge is 0.345 e. The molecule has 0 radical (unpaired) electrons. The predicted molar refractivity (Wildman–Crippen MR) is 66.4 cm³/mol. The summed E-state index contributed by atoms with van der Waals surface area (Å²) in [7, 11) is 0. The van der Waals surface area contributed by atoms with Crippen molar-refractivity contribution in [3.05, 3.63) is 65.2 Å². The highest BCUT2D eigenvalue weighted by Gasteiger charge is 2.17. The normalized spacial score (nSPS) is 12.0. The molecule has 6 heteroatoms. The number of carbonyl (C=O) groups excluding carboxylic acids is 1. The minimum Gasteiger partial charge on any atom is -0.345 e. The molecule has 1 unspecified atom stereocenters. The smallest absolute Gasteiger partial charge is 0.254 e. The van der Waals surface area contributed by atoms with E-state index >= 15 is 0 Å². The van der Waals surface area contributed by atoms with Crippen LogP contribution >= 0.6 is 0 Å². The van der Waals surface area contributed by atoms with E-state index in [9.17, 15) is 18.0 Å². The molecule has 1 aromatic carbocycles. The number of halogens is 3. The summed E-state index contributed by atoms with van der Waals surface area (Å²) in [5.74, 6) is -2.93. The number of nitrogens with zero attached hydrogens (tertiary/aromatic N) is 1. The molecule has 20 heavy (non-hydrogen) atoms. The lowest BCUT2D eigenvalue weighted by Gasteiger charge is -2.15. The van der Waals surface area contributed by atoms with Crippen LogP contribution in [0.1, 0.15) is 28.9 Å². The number of carbonyl (C=O) groups is 1. The number of benzene rings is 1. The molecule has 104 valence electrons. The van der Waals surface area contributed by atoms with E-state index in [-0.39, 0.29) is 11.1 Å². The molecule has 0 aliphatic rings. The maximum absolute atomic E-state index is 13.6. The monoisotopic (exact) mass is 280 g/mol. The third kappa shape index (κ3) is 2.96. The van der Waals surface area contributed by atoms with Crippen molar-refractivity contribution in [1.82, 2.24) is 10.3 Å². The standard InChI is InChI=1S/C14H11F3N2O/c1-8(10-3-2-9(15)6-12(10)16)19-14(20)11-4-5-18-7-13(11)17/h2-8H,1H3,(H,19,20). The van der Waals surface area contributed by atoms with Crippen LogP contribution in [0, 0.1) is 17.5 Å². The summed E-state index contributed by atoms with van der Waals surface area (Å²) in [6.07, 6.45) is 2.19. The summed E-state index contributed by atoms with van der Waals surface area (Å²) in [4.78, 5) is 15.4. The lowest BCUT2D eigenvalue weighted by Crippen LogP contribution is -2.28. The van der Waals surface area contributed by atoms with Gasteiger partial charge < -0.3 is 5.32 Å². The van der Waals surface area contributed by atoms with Crippen LogP contribution < -0.4 is 5.32 Å². The molecule has 2 aromatic rings. The summed E-state index contributed by atoms with van der Waals surface area (Å²) >= 11 is 0. The van der Waals surface area contributed by atoms with Gasteiger partial charge in [0.05, 0.1) is 17.8 Å². The van der Waals surface area contributed by atoms with Gasteiger partial charge in [-0.15, -0.1) is 0 Å². The Morgan fingerprint density at radius 1 is 1.20 bits per heavy atom. The van der Waals surface area contributed by atoms with E-state index in [1.54, 1.807) is 0 Å². The van der Waals surface area contributed by atoms with Crippen molar-refractivity contribution >= 4 is 5.91 Å². The Kier molecular flexibility index (Phi) is 4.02. The van der Waals surface area contributed by atoms with Crippen molar-refractivity contribution in [2.45, 2.75) is 13.0 Å². The van der Waals surface area contributed by atoms with Gasteiger partial charge in [-0.3, -0.25) is 9.78 Å². The predicted octanol–water partition coefficient (Wildman–Crippen LogP) is 2.99. The van der Waals surface area contributed by atoms with E-state index in [4.69, 9.17) is 0 Å². The van der Waals surface area contributed by atoms with Crippen LogP contribution in [0.5, 0.6) is 0 Å². The Morgan fingerprint density at radius 2 is 1.95 bits per heavy atom. The molecule has 1 heterocycles. The Labute approximate surface area is 113 Å². The van der Waals surface area contributed by atoms with Gasteiger partial charge in [0, 0.05) is 17.8 Å². The SMILES string of the molecule is CC(NC(=O)c1ccncc1F)c1ccc(F)cc1F. The zero-order valence-corrected chi connectivity index (χ0v) is 10.5. The molecule has 2 rings (SSSR count). The van der Waals surface area contributed by atoms with Gasteiger partial charge in [0.1, 0.15) is 11.6 Å². The van der Waals surface area contributed by atoms with Crippen LogP contribution in [0.25, 0.3) is 0 Å². The zero-order valence-electron chi connectivity index (χ0n) is 10.5. The minimum atomic E-state index is -0.770. The molecule has 0 saturated heterocycles. The third-order valence-corrected chi connectivity index (χ3v) is 2.79. The highest BCUT2D eigenvalue weighted by molar-refractivity contribution is 5.94. The highest BCUT2D eigenvalue weighted by atomic mass is 19.1. The van der Waals surface area contributed by atoms with E-state index in [2.05, 4.69) is 10.3 Å². The van der Waals surface area contributed by atoms with Crippen molar-refractivity contribution in [2.24, 2.45) is 0 Å². The molecule has 3 nitrogen and oxygen atoms in total. The van der Waals surface area contributed by atoms with E-state index in [1.807, 2.05) is 0 Å². The molecule has 1 atom stereocenters. The molecule has 1 aromatic heterocycles. The lowest BCUT2D eigenvalue weighted by atomic mass is 10.1. The van der Waals surface area contributed by atoms with E-state index in [0.717, 1.165) is 18.3 Å². The highest BCUT2D eigenvalue weighted by Crippen LogP contribution is 2.18. The van der Waals surface area contributed by atoms with Crippen molar-refractivity contribution in [3.63, 3.8) is 0 Å². The van der Waals surface area contributed by atoms with Gasteiger partial charge in [0.15, 0.2) is 5.82 Å². The molecule has 0 aliphatic carbocycles. The van der Waals surface area contributed by atoms with Gasteiger partial charge in [-0.1, -0.05) is 6.07 Å². The first-order valence-corrected chi connectivity index (χ1v) is 5.84. The Morgan fingerprint density at radius 3 is 2.60 bits per heavy atom. The molecule has 0 bridgehead atoms. The van der Waals surface area contributed by atoms with E-state index in [1.165, 1.54) is 25.3 Å². The van der Waals surface area contributed by atoms with Gasteiger partial charge in [0.2, 0.25) is 0 Å². The molecule has 1 N–H and O–H groups in total. The van der Waals surface area contributed by atoms with E-state index in [0.29, 0.717) is 0 Å². The van der Waals surface area contributed by atoms with Crippen LogP contribution in [0.3, 0.4) is 0 Å². The summed E-state index contributed by atoms with van der Waals surface area (Å²) in [6, 6.07) is 3.55. The second kappa shape index (κ2) is 5.73. The van der Waals surface area contributed by atoms with Crippen molar-refractivity contribution < 1.29 is 18.0 Å². The number of rotatable bonds is 3. The summed E-state index contributed by atoms with van der Waals surface area (Å²) in [5, 5.41) is 2.44. The molecule has 0 saturated carbocycles. The Hall–Kier alpha value is -2.37. The molecule has 0 spiro atoms. The minimum absolute atomic E-state index is 0.120. The van der Waals surface area contributed by atoms with Gasteiger partial charge in [-0.05, 0) is 19.1 Å². The number of nitrogens with one attached hydrogen (secondary N) is 1. The summed E-state index contributed by atoms with van der Waals surface area (Å²) in [6.45, 7) is 1.52. The molecule has 0 aliphatic heterocycles. The second-order valence-corrected chi connectivity index (χ2v) is 4.22. The lowest BCUT2D eigenvalue weighted by molar-refractivity contribution is 0.0935. The Balaban J connectivity index is 2.17. The fraction of sp³-hybridized carbons (Fsp3) is 0.143. The van der Waals surface area contributed by atoms with Crippen molar-refractivity contribution in [1.29, 1.82) is 0 Å². The first-order valence-electron chi connectivity index (χ1n) is 5.84. The van der Waals surface area contributed by atoms with Gasteiger partial charge >= 0.3 is 0 Å². The van der Waals surface area contributed by atoms with Crippen LogP contribution in [0.4, 0.5) is 13.2 Å². The third-order valence-electron chi connectivity index (χ3n) is 2.79. The maximum Gasteiger partial charge on any atom is 0.254 e. The zero-order chi connectivity index (χ0) is 14.7. The molecule has 0 fully saturated rings. The summed E-state index contributed by atoms with van der Waals surface area (Å²) in [5.41, 5.74) is -0.0661. The van der Waals surface area contributed by atoms with Crippen molar-refractivity contribution in [3.8, 4) is 0 Å². The summed E-state index contributed by atoms with van der Waals surface area (Å²) < 4.78 is 39.7. The second-order valence-electron chi connectivity index (χ2n) is 4.22. The van der Waals surface area contributed by atoms with Crippen LogP contribution in [-0.4, -0.2) is 10.9 Å². The maximum atomic E-state index is 13.6. The number of aromatic nitrogens is 1. The fourth-order valence-electron chi connectivity index (χ4n) is 1.76. The molecular weight excluding hydrogens is 269 g/mol. The molecule has 1 amide bonds. The quantitative estimate of drug-likeness (QED) is 0.939. The van der Waals surface area contributed by atoms with Crippen LogP contribution in [0.15, 0.2) is 36.7 Å². The fourth-order valence-corrected chi connectivity index (χ4v) is 1.76. The first kappa shape index (κ1) is 14.0.